The number of anilines is 1. The molecule has 1 aromatic heterocycles. The molecule has 32 heavy (non-hydrogen) atoms. The van der Waals surface area contributed by atoms with Gasteiger partial charge in [-0.15, -0.1) is 0 Å². The van der Waals surface area contributed by atoms with Crippen molar-refractivity contribution >= 4 is 34.6 Å². The van der Waals surface area contributed by atoms with Crippen LogP contribution in [0.15, 0.2) is 42.5 Å². The number of amides is 3. The van der Waals surface area contributed by atoms with Gasteiger partial charge in [0, 0.05) is 18.5 Å². The fraction of sp³-hybridized carbons (Fsp3) is 0.261. The van der Waals surface area contributed by atoms with Gasteiger partial charge in [0.25, 0.3) is 5.91 Å². The third-order valence-electron chi connectivity index (χ3n) is 5.76. The lowest BCUT2D eigenvalue weighted by Crippen LogP contribution is -2.43. The van der Waals surface area contributed by atoms with E-state index in [2.05, 4.69) is 15.3 Å². The molecule has 1 aliphatic heterocycles. The van der Waals surface area contributed by atoms with E-state index in [4.69, 9.17) is 11.5 Å². The van der Waals surface area contributed by atoms with Gasteiger partial charge in [0.2, 0.25) is 17.8 Å². The minimum absolute atomic E-state index is 0.00349. The van der Waals surface area contributed by atoms with Gasteiger partial charge in [-0.05, 0) is 42.7 Å². The molecule has 0 spiro atoms. The predicted molar refractivity (Wildman–Crippen MR) is 119 cm³/mol. The van der Waals surface area contributed by atoms with Crippen molar-refractivity contribution in [1.29, 1.82) is 0 Å². The number of hydrogen-bond donors (Lipinski definition) is 3. The maximum Gasteiger partial charge on any atom is 0.273 e. The fourth-order valence-electron chi connectivity index (χ4n) is 3.84. The first-order valence-corrected chi connectivity index (χ1v) is 10.2. The summed E-state index contributed by atoms with van der Waals surface area (Å²) in [6, 6.07) is 13.1. The van der Waals surface area contributed by atoms with Crippen LogP contribution in [0.3, 0.4) is 0 Å². The standard InChI is InChI=1S/C23H24N6O3/c1-23(2,21(32)26-10-18(24)30)15-7-8-17-16(9-15)19(28-22(25)27-17)20(31)29-11-13-5-3-4-6-14(13)12-29/h3-9H,10-12H2,1-2H3,(H2,24,30)(H,26,32)(H2,25,27,28). The van der Waals surface area contributed by atoms with Crippen LogP contribution in [0.25, 0.3) is 10.9 Å². The van der Waals surface area contributed by atoms with Gasteiger partial charge in [0.15, 0.2) is 0 Å². The Morgan fingerprint density at radius 3 is 2.34 bits per heavy atom. The summed E-state index contributed by atoms with van der Waals surface area (Å²) in [7, 11) is 0. The van der Waals surface area contributed by atoms with Crippen LogP contribution in [0.1, 0.15) is 41.0 Å². The quantitative estimate of drug-likeness (QED) is 0.553. The lowest BCUT2D eigenvalue weighted by atomic mass is 9.83. The van der Waals surface area contributed by atoms with Crippen LogP contribution in [-0.2, 0) is 28.1 Å². The number of rotatable bonds is 5. The largest absolute Gasteiger partial charge is 0.368 e. The molecule has 0 bridgehead atoms. The Morgan fingerprint density at radius 2 is 1.72 bits per heavy atom. The summed E-state index contributed by atoms with van der Waals surface area (Å²) in [5.74, 6) is -1.25. The van der Waals surface area contributed by atoms with Gasteiger partial charge in [-0.1, -0.05) is 30.3 Å². The van der Waals surface area contributed by atoms with Gasteiger partial charge >= 0.3 is 0 Å². The van der Waals surface area contributed by atoms with E-state index in [1.165, 1.54) is 0 Å². The smallest absolute Gasteiger partial charge is 0.273 e. The maximum atomic E-state index is 13.4. The molecule has 4 rings (SSSR count). The summed E-state index contributed by atoms with van der Waals surface area (Å²) in [5, 5.41) is 3.04. The first-order valence-electron chi connectivity index (χ1n) is 10.2. The molecule has 2 aromatic carbocycles. The fourth-order valence-corrected chi connectivity index (χ4v) is 3.84. The van der Waals surface area contributed by atoms with Crippen molar-refractivity contribution < 1.29 is 14.4 Å². The lowest BCUT2D eigenvalue weighted by molar-refractivity contribution is -0.128. The van der Waals surface area contributed by atoms with Crippen LogP contribution in [0.4, 0.5) is 5.95 Å². The second kappa shape index (κ2) is 7.92. The monoisotopic (exact) mass is 432 g/mol. The SMILES string of the molecule is CC(C)(C(=O)NCC(N)=O)c1ccc2nc(N)nc(C(=O)N3Cc4ccccc4C3)c2c1. The molecule has 0 unspecified atom stereocenters. The topological polar surface area (TPSA) is 144 Å². The molecule has 0 fully saturated rings. The molecule has 3 aromatic rings. The van der Waals surface area contributed by atoms with Crippen molar-refractivity contribution in [2.24, 2.45) is 5.73 Å². The van der Waals surface area contributed by atoms with Gasteiger partial charge in [-0.3, -0.25) is 14.4 Å². The van der Waals surface area contributed by atoms with Gasteiger partial charge in [-0.25, -0.2) is 9.97 Å². The zero-order chi connectivity index (χ0) is 23.0. The average molecular weight is 432 g/mol. The Bertz CT molecular complexity index is 1230. The van der Waals surface area contributed by atoms with Crippen molar-refractivity contribution in [3.63, 3.8) is 0 Å². The highest BCUT2D eigenvalue weighted by molar-refractivity contribution is 6.05. The van der Waals surface area contributed by atoms with Crippen LogP contribution in [0.2, 0.25) is 0 Å². The van der Waals surface area contributed by atoms with Crippen molar-refractivity contribution in [1.82, 2.24) is 20.2 Å². The highest BCUT2D eigenvalue weighted by Gasteiger charge is 2.32. The number of nitrogens with two attached hydrogens (primary N) is 2. The van der Waals surface area contributed by atoms with E-state index in [1.807, 2.05) is 24.3 Å². The number of fused-ring (bicyclic) bond motifs is 2. The van der Waals surface area contributed by atoms with Crippen molar-refractivity contribution in [3.8, 4) is 0 Å². The molecular weight excluding hydrogens is 408 g/mol. The van der Waals surface area contributed by atoms with Crippen LogP contribution < -0.4 is 16.8 Å². The second-order valence-corrected chi connectivity index (χ2v) is 8.37. The zero-order valence-electron chi connectivity index (χ0n) is 17.9. The van der Waals surface area contributed by atoms with E-state index in [0.29, 0.717) is 29.6 Å². The number of hydrogen-bond acceptors (Lipinski definition) is 6. The van der Waals surface area contributed by atoms with Crippen LogP contribution in [0.5, 0.6) is 0 Å². The first-order chi connectivity index (χ1) is 15.2. The summed E-state index contributed by atoms with van der Waals surface area (Å²) in [6.45, 7) is 4.17. The highest BCUT2D eigenvalue weighted by atomic mass is 16.2. The molecule has 164 valence electrons. The number of aromatic nitrogens is 2. The van der Waals surface area contributed by atoms with E-state index >= 15 is 0 Å². The molecule has 0 aliphatic carbocycles. The van der Waals surface area contributed by atoms with E-state index < -0.39 is 11.3 Å². The lowest BCUT2D eigenvalue weighted by Gasteiger charge is -2.24. The molecule has 0 saturated heterocycles. The second-order valence-electron chi connectivity index (χ2n) is 8.37. The van der Waals surface area contributed by atoms with Gasteiger partial charge in [0.1, 0.15) is 5.69 Å². The summed E-state index contributed by atoms with van der Waals surface area (Å²) in [5.41, 5.74) is 13.6. The molecule has 0 radical (unpaired) electrons. The number of nitrogens with zero attached hydrogens (tertiary/aromatic N) is 3. The molecular formula is C23H24N6O3. The normalized spacial score (nSPS) is 13.1. The van der Waals surface area contributed by atoms with Crippen molar-refractivity contribution in [2.75, 3.05) is 12.3 Å². The zero-order valence-corrected chi connectivity index (χ0v) is 17.9. The molecule has 3 amide bonds. The third-order valence-corrected chi connectivity index (χ3v) is 5.76. The summed E-state index contributed by atoms with van der Waals surface area (Å²) in [4.78, 5) is 47.3. The summed E-state index contributed by atoms with van der Waals surface area (Å²) in [6.07, 6.45) is 0. The number of carbonyl (C=O) groups excluding carboxylic acids is 3. The number of benzene rings is 2. The predicted octanol–water partition coefficient (Wildman–Crippen LogP) is 1.25. The van der Waals surface area contributed by atoms with Gasteiger partial charge < -0.3 is 21.7 Å². The van der Waals surface area contributed by atoms with E-state index in [1.54, 1.807) is 36.9 Å². The molecule has 9 heteroatoms. The maximum absolute atomic E-state index is 13.4. The number of nitrogens with one attached hydrogen (secondary N) is 1. The molecule has 1 aliphatic rings. The van der Waals surface area contributed by atoms with Crippen molar-refractivity contribution in [3.05, 3.63) is 64.8 Å². The molecule has 0 atom stereocenters. The molecule has 5 N–H and O–H groups in total. The average Bonchev–Trinajstić information content (AvgIpc) is 3.20. The number of carbonyl (C=O) groups is 3. The molecule has 2 heterocycles. The molecule has 0 saturated carbocycles. The van der Waals surface area contributed by atoms with Crippen LogP contribution >= 0.6 is 0 Å². The minimum atomic E-state index is -0.991. The summed E-state index contributed by atoms with van der Waals surface area (Å²) < 4.78 is 0. The third kappa shape index (κ3) is 3.84. The molecule has 9 nitrogen and oxygen atoms in total. The Balaban J connectivity index is 1.71. The Morgan fingerprint density at radius 1 is 1.06 bits per heavy atom. The van der Waals surface area contributed by atoms with Crippen LogP contribution in [0, 0.1) is 0 Å². The van der Waals surface area contributed by atoms with Crippen LogP contribution in [-0.4, -0.2) is 39.1 Å². The highest BCUT2D eigenvalue weighted by Crippen LogP contribution is 2.30. The summed E-state index contributed by atoms with van der Waals surface area (Å²) >= 11 is 0. The van der Waals surface area contributed by atoms with E-state index in [0.717, 1.165) is 11.1 Å². The van der Waals surface area contributed by atoms with E-state index in [-0.39, 0.29) is 30.0 Å². The minimum Gasteiger partial charge on any atom is -0.368 e. The Labute approximate surface area is 184 Å². The number of nitrogen functional groups attached to an aromatic ring is 1. The van der Waals surface area contributed by atoms with E-state index in [9.17, 15) is 14.4 Å². The Hall–Kier alpha value is -4.01. The van der Waals surface area contributed by atoms with Gasteiger partial charge in [0.05, 0.1) is 17.5 Å². The van der Waals surface area contributed by atoms with Crippen molar-refractivity contribution in [2.45, 2.75) is 32.4 Å². The van der Waals surface area contributed by atoms with Gasteiger partial charge in [-0.2, -0.15) is 0 Å². The number of primary amides is 1. The Kier molecular flexibility index (Phi) is 5.25. The first kappa shape index (κ1) is 21.2.